The molecule has 1 fully saturated rings. The van der Waals surface area contributed by atoms with Crippen molar-refractivity contribution in [2.75, 3.05) is 25.6 Å². The van der Waals surface area contributed by atoms with Crippen LogP contribution < -0.4 is 9.47 Å². The molecular weight excluding hydrogens is 427 g/mol. The highest BCUT2D eigenvalue weighted by Gasteiger charge is 2.34. The fourth-order valence-corrected chi connectivity index (χ4v) is 6.19. The molecule has 0 radical (unpaired) electrons. The maximum atomic E-state index is 13.0. The van der Waals surface area contributed by atoms with Crippen LogP contribution in [0.3, 0.4) is 0 Å². The van der Waals surface area contributed by atoms with Crippen molar-refractivity contribution in [1.29, 1.82) is 0 Å². The summed E-state index contributed by atoms with van der Waals surface area (Å²) in [5, 5.41) is 0.0613. The molecule has 5 nitrogen and oxygen atoms in total. The van der Waals surface area contributed by atoms with Gasteiger partial charge in [-0.15, -0.1) is 0 Å². The second-order valence-electron chi connectivity index (χ2n) is 6.69. The summed E-state index contributed by atoms with van der Waals surface area (Å²) in [6.45, 7) is 0.647. The van der Waals surface area contributed by atoms with E-state index < -0.39 is 21.8 Å². The predicted octanol–water partition coefficient (Wildman–Crippen LogP) is 4.30. The Kier molecular flexibility index (Phi) is 5.43. The summed E-state index contributed by atoms with van der Waals surface area (Å²) in [6.07, 6.45) is -4.05. The summed E-state index contributed by atoms with van der Waals surface area (Å²) in [5.74, 6) is 1.89. The zero-order chi connectivity index (χ0) is 20.6. The highest BCUT2D eigenvalue weighted by molar-refractivity contribution is 7.99. The molecule has 29 heavy (non-hydrogen) atoms. The summed E-state index contributed by atoms with van der Waals surface area (Å²) in [7, 11) is -4.01. The SMILES string of the molecule is O=S(=O)(c1cccc(C(F)(F)F)c1)N1CCS[C@@H](c2ccc3c(c2)OCO3)CC1. The largest absolute Gasteiger partial charge is 0.454 e. The van der Waals surface area contributed by atoms with Gasteiger partial charge < -0.3 is 9.47 Å². The fraction of sp³-hybridized carbons (Fsp3) is 0.368. The Balaban J connectivity index is 1.52. The standard InChI is InChI=1S/C19H18F3NO4S2/c20-19(21,22)14-2-1-3-15(11-14)29(24,25)23-7-6-18(28-9-8-23)13-4-5-16-17(10-13)27-12-26-16/h1-5,10-11,18H,6-9,12H2/t18-/m1/s1. The predicted molar refractivity (Wildman–Crippen MR) is 103 cm³/mol. The zero-order valence-corrected chi connectivity index (χ0v) is 16.8. The minimum absolute atomic E-state index is 0.0613. The summed E-state index contributed by atoms with van der Waals surface area (Å²) in [4.78, 5) is -0.334. The molecule has 0 unspecified atom stereocenters. The van der Waals surface area contributed by atoms with Gasteiger partial charge in [-0.2, -0.15) is 29.2 Å². The molecule has 0 aliphatic carbocycles. The number of hydrogen-bond acceptors (Lipinski definition) is 5. The number of benzene rings is 2. The van der Waals surface area contributed by atoms with Gasteiger partial charge in [-0.25, -0.2) is 8.42 Å². The van der Waals surface area contributed by atoms with E-state index in [2.05, 4.69) is 0 Å². The van der Waals surface area contributed by atoms with Crippen LogP contribution >= 0.6 is 11.8 Å². The van der Waals surface area contributed by atoms with Gasteiger partial charge in [0.05, 0.1) is 10.5 Å². The second kappa shape index (κ2) is 7.73. The highest BCUT2D eigenvalue weighted by atomic mass is 32.2. The first-order valence-electron chi connectivity index (χ1n) is 8.94. The van der Waals surface area contributed by atoms with Gasteiger partial charge in [0.2, 0.25) is 16.8 Å². The molecule has 0 saturated carbocycles. The molecule has 10 heteroatoms. The average Bonchev–Trinajstić information content (AvgIpc) is 3.01. The molecule has 0 amide bonds. The second-order valence-corrected chi connectivity index (χ2v) is 9.94. The van der Waals surface area contributed by atoms with E-state index in [-0.39, 0.29) is 30.0 Å². The first-order valence-corrected chi connectivity index (χ1v) is 11.4. The molecule has 0 bridgehead atoms. The summed E-state index contributed by atoms with van der Waals surface area (Å²) in [6, 6.07) is 9.56. The van der Waals surface area contributed by atoms with Crippen LogP contribution in [-0.2, 0) is 16.2 Å². The van der Waals surface area contributed by atoms with Crippen molar-refractivity contribution in [3.05, 3.63) is 53.6 Å². The number of ether oxygens (including phenoxy) is 2. The smallest absolute Gasteiger partial charge is 0.416 e. The lowest BCUT2D eigenvalue weighted by molar-refractivity contribution is -0.137. The minimum Gasteiger partial charge on any atom is -0.454 e. The Labute approximate surface area is 170 Å². The van der Waals surface area contributed by atoms with E-state index in [9.17, 15) is 21.6 Å². The third kappa shape index (κ3) is 4.19. The van der Waals surface area contributed by atoms with Crippen molar-refractivity contribution in [1.82, 2.24) is 4.31 Å². The molecule has 2 aliphatic rings. The van der Waals surface area contributed by atoms with Crippen LogP contribution in [0, 0.1) is 0 Å². The first kappa shape index (κ1) is 20.4. The van der Waals surface area contributed by atoms with Crippen molar-refractivity contribution in [2.45, 2.75) is 22.7 Å². The maximum absolute atomic E-state index is 13.0. The lowest BCUT2D eigenvalue weighted by Crippen LogP contribution is -2.33. The van der Waals surface area contributed by atoms with Gasteiger partial charge in [0.1, 0.15) is 0 Å². The molecule has 4 rings (SSSR count). The van der Waals surface area contributed by atoms with Crippen molar-refractivity contribution in [3.63, 3.8) is 0 Å². The van der Waals surface area contributed by atoms with Gasteiger partial charge in [0, 0.05) is 24.1 Å². The normalized spacial score (nSPS) is 20.4. The molecule has 1 saturated heterocycles. The van der Waals surface area contributed by atoms with Crippen molar-refractivity contribution in [2.24, 2.45) is 0 Å². The van der Waals surface area contributed by atoms with Crippen LogP contribution in [0.15, 0.2) is 47.4 Å². The zero-order valence-electron chi connectivity index (χ0n) is 15.2. The number of rotatable bonds is 3. The molecule has 156 valence electrons. The first-order chi connectivity index (χ1) is 13.7. The lowest BCUT2D eigenvalue weighted by Gasteiger charge is -2.20. The van der Waals surface area contributed by atoms with E-state index in [4.69, 9.17) is 9.47 Å². The topological polar surface area (TPSA) is 55.8 Å². The van der Waals surface area contributed by atoms with Gasteiger partial charge in [0.15, 0.2) is 11.5 Å². The lowest BCUT2D eigenvalue weighted by atomic mass is 10.1. The molecule has 1 atom stereocenters. The van der Waals surface area contributed by atoms with Crippen molar-refractivity contribution < 1.29 is 31.1 Å². The number of sulfonamides is 1. The molecular formula is C19H18F3NO4S2. The number of thioether (sulfide) groups is 1. The Morgan fingerprint density at radius 2 is 1.83 bits per heavy atom. The monoisotopic (exact) mass is 445 g/mol. The van der Waals surface area contributed by atoms with E-state index in [1.54, 1.807) is 11.8 Å². The number of fused-ring (bicyclic) bond motifs is 1. The number of nitrogens with zero attached hydrogens (tertiary/aromatic N) is 1. The van der Waals surface area contributed by atoms with E-state index in [0.717, 1.165) is 17.7 Å². The molecule has 2 aromatic carbocycles. The average molecular weight is 445 g/mol. The highest BCUT2D eigenvalue weighted by Crippen LogP contribution is 2.41. The van der Waals surface area contributed by atoms with Gasteiger partial charge in [-0.05, 0) is 42.3 Å². The van der Waals surface area contributed by atoms with E-state index in [0.29, 0.717) is 29.7 Å². The summed E-state index contributed by atoms with van der Waals surface area (Å²) >= 11 is 1.62. The quantitative estimate of drug-likeness (QED) is 0.705. The van der Waals surface area contributed by atoms with Crippen LogP contribution in [-0.4, -0.2) is 38.4 Å². The van der Waals surface area contributed by atoms with Gasteiger partial charge in [-0.3, -0.25) is 0 Å². The van der Waals surface area contributed by atoms with Gasteiger partial charge in [-0.1, -0.05) is 12.1 Å². The fourth-order valence-electron chi connectivity index (χ4n) is 3.35. The number of hydrogen-bond donors (Lipinski definition) is 0. The van der Waals surface area contributed by atoms with Crippen LogP contribution in [0.4, 0.5) is 13.2 Å². The summed E-state index contributed by atoms with van der Waals surface area (Å²) < 4.78 is 76.7. The molecule has 0 spiro atoms. The Morgan fingerprint density at radius 3 is 2.62 bits per heavy atom. The molecule has 2 aliphatic heterocycles. The minimum atomic E-state index is -4.59. The Bertz CT molecular complexity index is 1010. The van der Waals surface area contributed by atoms with E-state index >= 15 is 0 Å². The number of alkyl halides is 3. The Morgan fingerprint density at radius 1 is 1.03 bits per heavy atom. The molecule has 2 heterocycles. The third-order valence-electron chi connectivity index (χ3n) is 4.87. The van der Waals surface area contributed by atoms with Gasteiger partial charge >= 0.3 is 6.18 Å². The molecule has 0 N–H and O–H groups in total. The van der Waals surface area contributed by atoms with Crippen LogP contribution in [0.25, 0.3) is 0 Å². The van der Waals surface area contributed by atoms with E-state index in [1.165, 1.54) is 10.4 Å². The number of halogens is 3. The van der Waals surface area contributed by atoms with Crippen LogP contribution in [0.1, 0.15) is 22.8 Å². The Hall–Kier alpha value is -1.91. The molecule has 0 aromatic heterocycles. The van der Waals surface area contributed by atoms with Crippen molar-refractivity contribution >= 4 is 21.8 Å². The van der Waals surface area contributed by atoms with Crippen LogP contribution in [0.5, 0.6) is 11.5 Å². The van der Waals surface area contributed by atoms with E-state index in [1.807, 2.05) is 18.2 Å². The van der Waals surface area contributed by atoms with Crippen LogP contribution in [0.2, 0.25) is 0 Å². The molecule has 2 aromatic rings. The summed E-state index contributed by atoms with van der Waals surface area (Å²) in [5.41, 5.74) is 0.0403. The van der Waals surface area contributed by atoms with Gasteiger partial charge in [0.25, 0.3) is 0 Å². The maximum Gasteiger partial charge on any atom is 0.416 e. The third-order valence-corrected chi connectivity index (χ3v) is 8.09. The van der Waals surface area contributed by atoms with Crippen molar-refractivity contribution in [3.8, 4) is 11.5 Å².